The molecule has 0 spiro atoms. The molecule has 0 aliphatic carbocycles. The number of aromatic amines is 1. The molecule has 0 aliphatic rings. The number of hydrogen-bond acceptors (Lipinski definition) is 3. The lowest BCUT2D eigenvalue weighted by atomic mass is 10.0. The van der Waals surface area contributed by atoms with Crippen LogP contribution < -0.4 is 4.74 Å². The first-order valence-corrected chi connectivity index (χ1v) is 7.11. The lowest BCUT2D eigenvalue weighted by molar-refractivity contribution is 0.444. The third-order valence-electron chi connectivity index (χ3n) is 3.57. The van der Waals surface area contributed by atoms with Crippen molar-refractivity contribution in [1.29, 1.82) is 0 Å². The Morgan fingerprint density at radius 3 is 2.70 bits per heavy atom. The van der Waals surface area contributed by atoms with Gasteiger partial charge in [0.1, 0.15) is 5.75 Å². The van der Waals surface area contributed by atoms with Crippen molar-refractivity contribution >= 4 is 10.9 Å². The summed E-state index contributed by atoms with van der Waals surface area (Å²) < 4.78 is 19.7. The number of H-pyrrole nitrogens is 1. The standard InChI is InChI=1S/C18H12FN3O/c19-15-5-1-2-6-17(15)23-18-8-13-11-21-22-16(13)9-14(18)12-4-3-7-20-10-12/h1-11H,(H,21,22). The van der Waals surface area contributed by atoms with Gasteiger partial charge in [0.15, 0.2) is 11.6 Å². The van der Waals surface area contributed by atoms with Gasteiger partial charge in [-0.25, -0.2) is 4.39 Å². The maximum atomic E-state index is 13.9. The number of ether oxygens (including phenoxy) is 1. The number of para-hydroxylation sites is 1. The molecule has 1 N–H and O–H groups in total. The van der Waals surface area contributed by atoms with E-state index in [2.05, 4.69) is 15.2 Å². The first-order valence-electron chi connectivity index (χ1n) is 7.11. The predicted octanol–water partition coefficient (Wildman–Crippen LogP) is 4.56. The molecule has 2 aromatic heterocycles. The summed E-state index contributed by atoms with van der Waals surface area (Å²) in [6.07, 6.45) is 5.15. The van der Waals surface area contributed by atoms with Crippen LogP contribution in [0.4, 0.5) is 4.39 Å². The Morgan fingerprint density at radius 1 is 0.957 bits per heavy atom. The molecule has 0 fully saturated rings. The third-order valence-corrected chi connectivity index (χ3v) is 3.57. The van der Waals surface area contributed by atoms with Crippen LogP contribution in [0.1, 0.15) is 0 Å². The lowest BCUT2D eigenvalue weighted by Crippen LogP contribution is -1.91. The molecule has 112 valence electrons. The van der Waals surface area contributed by atoms with Crippen molar-refractivity contribution in [3.05, 3.63) is 72.9 Å². The summed E-state index contributed by atoms with van der Waals surface area (Å²) in [5.41, 5.74) is 2.58. The van der Waals surface area contributed by atoms with Gasteiger partial charge in [0.25, 0.3) is 0 Å². The number of aromatic nitrogens is 3. The molecule has 23 heavy (non-hydrogen) atoms. The Bertz CT molecular complexity index is 966. The van der Waals surface area contributed by atoms with E-state index in [4.69, 9.17) is 4.74 Å². The van der Waals surface area contributed by atoms with Crippen molar-refractivity contribution < 1.29 is 9.13 Å². The van der Waals surface area contributed by atoms with E-state index in [-0.39, 0.29) is 5.75 Å². The molecule has 0 radical (unpaired) electrons. The molecule has 5 heteroatoms. The van der Waals surface area contributed by atoms with Gasteiger partial charge in [-0.2, -0.15) is 5.10 Å². The average molecular weight is 305 g/mol. The number of halogens is 1. The average Bonchev–Trinajstić information content (AvgIpc) is 3.04. The van der Waals surface area contributed by atoms with Gasteiger partial charge >= 0.3 is 0 Å². The second kappa shape index (κ2) is 5.53. The Hall–Kier alpha value is -3.21. The monoisotopic (exact) mass is 305 g/mol. The molecule has 4 rings (SSSR count). The van der Waals surface area contributed by atoms with Crippen molar-refractivity contribution in [2.75, 3.05) is 0 Å². The van der Waals surface area contributed by atoms with Crippen LogP contribution in [0.5, 0.6) is 11.5 Å². The van der Waals surface area contributed by atoms with E-state index in [0.717, 1.165) is 22.0 Å². The number of fused-ring (bicyclic) bond motifs is 1. The van der Waals surface area contributed by atoms with Crippen LogP contribution in [0.2, 0.25) is 0 Å². The van der Waals surface area contributed by atoms with Gasteiger partial charge in [-0.15, -0.1) is 0 Å². The summed E-state index contributed by atoms with van der Waals surface area (Å²) in [5, 5.41) is 7.86. The second-order valence-electron chi connectivity index (χ2n) is 5.08. The second-order valence-corrected chi connectivity index (χ2v) is 5.08. The first kappa shape index (κ1) is 13.5. The van der Waals surface area contributed by atoms with E-state index < -0.39 is 5.82 Å². The van der Waals surface area contributed by atoms with Gasteiger partial charge in [0.2, 0.25) is 0 Å². The number of rotatable bonds is 3. The van der Waals surface area contributed by atoms with E-state index in [1.807, 2.05) is 24.3 Å². The molecule has 2 aromatic carbocycles. The fourth-order valence-corrected chi connectivity index (χ4v) is 2.45. The van der Waals surface area contributed by atoms with Gasteiger partial charge in [0, 0.05) is 28.9 Å². The Morgan fingerprint density at radius 2 is 1.87 bits per heavy atom. The fourth-order valence-electron chi connectivity index (χ4n) is 2.45. The van der Waals surface area contributed by atoms with E-state index in [1.165, 1.54) is 6.07 Å². The van der Waals surface area contributed by atoms with Gasteiger partial charge in [0.05, 0.1) is 11.7 Å². The largest absolute Gasteiger partial charge is 0.454 e. The highest BCUT2D eigenvalue weighted by Gasteiger charge is 2.12. The molecule has 4 aromatic rings. The van der Waals surface area contributed by atoms with E-state index in [1.54, 1.807) is 36.8 Å². The third kappa shape index (κ3) is 2.53. The minimum Gasteiger partial charge on any atom is -0.454 e. The normalized spacial score (nSPS) is 10.8. The highest BCUT2D eigenvalue weighted by atomic mass is 19.1. The Balaban J connectivity index is 1.88. The topological polar surface area (TPSA) is 50.8 Å². The minimum atomic E-state index is -0.406. The molecular formula is C18H12FN3O. The van der Waals surface area contributed by atoms with Crippen molar-refractivity contribution in [1.82, 2.24) is 15.2 Å². The summed E-state index contributed by atoms with van der Waals surface area (Å²) in [4.78, 5) is 4.14. The zero-order chi connectivity index (χ0) is 15.6. The molecule has 2 heterocycles. The highest BCUT2D eigenvalue weighted by Crippen LogP contribution is 2.36. The molecular weight excluding hydrogens is 293 g/mol. The summed E-state index contributed by atoms with van der Waals surface area (Å²) in [7, 11) is 0. The number of hydrogen-bond donors (Lipinski definition) is 1. The smallest absolute Gasteiger partial charge is 0.165 e. The predicted molar refractivity (Wildman–Crippen MR) is 85.8 cm³/mol. The van der Waals surface area contributed by atoms with E-state index >= 15 is 0 Å². The van der Waals surface area contributed by atoms with E-state index in [0.29, 0.717) is 5.75 Å². The molecule has 0 unspecified atom stereocenters. The minimum absolute atomic E-state index is 0.181. The Labute approximate surface area is 131 Å². The molecule has 0 saturated heterocycles. The van der Waals surface area contributed by atoms with Gasteiger partial charge in [-0.05, 0) is 30.3 Å². The van der Waals surface area contributed by atoms with Crippen LogP contribution in [0.3, 0.4) is 0 Å². The van der Waals surface area contributed by atoms with E-state index in [9.17, 15) is 4.39 Å². The van der Waals surface area contributed by atoms with Gasteiger partial charge in [-0.3, -0.25) is 10.1 Å². The lowest BCUT2D eigenvalue weighted by Gasteiger charge is -2.12. The highest BCUT2D eigenvalue weighted by molar-refractivity contribution is 5.87. The number of pyridine rings is 1. The van der Waals surface area contributed by atoms with Crippen molar-refractivity contribution in [3.63, 3.8) is 0 Å². The van der Waals surface area contributed by atoms with Crippen LogP contribution >= 0.6 is 0 Å². The van der Waals surface area contributed by atoms with Crippen LogP contribution in [0.15, 0.2) is 67.1 Å². The fraction of sp³-hybridized carbons (Fsp3) is 0. The van der Waals surface area contributed by atoms with Gasteiger partial charge < -0.3 is 4.74 Å². The van der Waals surface area contributed by atoms with Crippen molar-refractivity contribution in [2.45, 2.75) is 0 Å². The number of nitrogens with zero attached hydrogens (tertiary/aromatic N) is 2. The Kier molecular flexibility index (Phi) is 3.24. The number of nitrogens with one attached hydrogen (secondary N) is 1. The summed E-state index contributed by atoms with van der Waals surface area (Å²) in [6.45, 7) is 0. The summed E-state index contributed by atoms with van der Waals surface area (Å²) in [5.74, 6) is 0.328. The molecule has 0 saturated carbocycles. The summed E-state index contributed by atoms with van der Waals surface area (Å²) >= 11 is 0. The quantitative estimate of drug-likeness (QED) is 0.604. The molecule has 0 amide bonds. The summed E-state index contributed by atoms with van der Waals surface area (Å²) in [6, 6.07) is 13.9. The molecule has 0 atom stereocenters. The zero-order valence-corrected chi connectivity index (χ0v) is 12.0. The molecule has 0 bridgehead atoms. The SMILES string of the molecule is Fc1ccccc1Oc1cc2cn[nH]c2cc1-c1cccnc1. The van der Waals surface area contributed by atoms with Crippen LogP contribution in [-0.2, 0) is 0 Å². The van der Waals surface area contributed by atoms with Crippen molar-refractivity contribution in [3.8, 4) is 22.6 Å². The first-order chi connectivity index (χ1) is 11.3. The number of benzene rings is 2. The molecule has 4 nitrogen and oxygen atoms in total. The van der Waals surface area contributed by atoms with Crippen LogP contribution in [0.25, 0.3) is 22.0 Å². The maximum absolute atomic E-state index is 13.9. The maximum Gasteiger partial charge on any atom is 0.165 e. The van der Waals surface area contributed by atoms with Crippen LogP contribution in [-0.4, -0.2) is 15.2 Å². The zero-order valence-electron chi connectivity index (χ0n) is 12.0. The van der Waals surface area contributed by atoms with Crippen LogP contribution in [0, 0.1) is 5.82 Å². The van der Waals surface area contributed by atoms with Gasteiger partial charge in [-0.1, -0.05) is 18.2 Å². The molecule has 0 aliphatic heterocycles. The van der Waals surface area contributed by atoms with Crippen molar-refractivity contribution in [2.24, 2.45) is 0 Å².